The normalized spacial score (nSPS) is 29.5. The molecule has 164 valence electrons. The third kappa shape index (κ3) is 3.68. The third-order valence-electron chi connectivity index (χ3n) is 6.83. The number of nitrogens with zero attached hydrogens (tertiary/aromatic N) is 5. The number of aromatic nitrogens is 2. The number of amides is 2. The molecule has 10 heteroatoms. The largest absolute Gasteiger partial charge is 0.465 e. The number of aliphatic hydroxyl groups excluding tert-OH is 1. The van der Waals surface area contributed by atoms with E-state index in [1.54, 1.807) is 0 Å². The number of rotatable bonds is 3. The number of carbonyl (C=O) groups excluding carboxylic acids is 1. The summed E-state index contributed by atoms with van der Waals surface area (Å²) in [6.07, 6.45) is 4.87. The zero-order valence-electron chi connectivity index (χ0n) is 17.1. The molecule has 3 heterocycles. The standard InChI is InChI=1S/C20H28FN5O4/c1-24(19(29)30)16-15(21)11-22-18(23-16)25-9-2-7-20(12-25)8-10-26(17(20)28)13-3-5-14(27)6-4-13/h11,13-14,27H,2-10,12H2,1H3,(H,29,30)/t13?,14?,20-/m0/s1. The van der Waals surface area contributed by atoms with E-state index in [0.717, 1.165) is 56.0 Å². The van der Waals surface area contributed by atoms with E-state index in [1.165, 1.54) is 7.05 Å². The number of carbonyl (C=O) groups is 2. The molecule has 0 aromatic carbocycles. The predicted molar refractivity (Wildman–Crippen MR) is 107 cm³/mol. The number of hydrogen-bond donors (Lipinski definition) is 2. The quantitative estimate of drug-likeness (QED) is 0.766. The molecule has 2 aliphatic heterocycles. The Bertz CT molecular complexity index is 831. The Hall–Kier alpha value is -2.49. The van der Waals surface area contributed by atoms with E-state index in [-0.39, 0.29) is 29.8 Å². The molecule has 1 aromatic rings. The summed E-state index contributed by atoms with van der Waals surface area (Å²) in [5, 5.41) is 18.9. The van der Waals surface area contributed by atoms with Gasteiger partial charge in [0.1, 0.15) is 0 Å². The van der Waals surface area contributed by atoms with E-state index < -0.39 is 17.3 Å². The Balaban J connectivity index is 1.52. The Labute approximate surface area is 174 Å². The Morgan fingerprint density at radius 2 is 2.00 bits per heavy atom. The molecule has 0 unspecified atom stereocenters. The Morgan fingerprint density at radius 3 is 2.70 bits per heavy atom. The summed E-state index contributed by atoms with van der Waals surface area (Å²) in [7, 11) is 1.23. The number of carboxylic acid groups (broad SMARTS) is 1. The average Bonchev–Trinajstić information content (AvgIpc) is 3.04. The van der Waals surface area contributed by atoms with E-state index in [2.05, 4.69) is 9.97 Å². The van der Waals surface area contributed by atoms with Crippen molar-refractivity contribution in [2.24, 2.45) is 5.41 Å². The predicted octanol–water partition coefficient (Wildman–Crippen LogP) is 1.85. The van der Waals surface area contributed by atoms with Gasteiger partial charge in [-0.15, -0.1) is 0 Å². The summed E-state index contributed by atoms with van der Waals surface area (Å²) >= 11 is 0. The molecule has 2 N–H and O–H groups in total. The lowest BCUT2D eigenvalue weighted by Gasteiger charge is -2.40. The summed E-state index contributed by atoms with van der Waals surface area (Å²) in [5.41, 5.74) is -0.509. The van der Waals surface area contributed by atoms with Crippen LogP contribution in [0.4, 0.5) is 21.0 Å². The van der Waals surface area contributed by atoms with Crippen molar-refractivity contribution in [3.63, 3.8) is 0 Å². The first-order valence-corrected chi connectivity index (χ1v) is 10.5. The fourth-order valence-corrected chi connectivity index (χ4v) is 5.07. The topological polar surface area (TPSA) is 110 Å². The maximum absolute atomic E-state index is 14.1. The van der Waals surface area contributed by atoms with E-state index in [1.807, 2.05) is 9.80 Å². The van der Waals surface area contributed by atoms with Gasteiger partial charge in [-0.2, -0.15) is 4.98 Å². The van der Waals surface area contributed by atoms with E-state index in [9.17, 15) is 19.1 Å². The van der Waals surface area contributed by atoms with E-state index in [0.29, 0.717) is 19.6 Å². The number of anilines is 2. The molecule has 4 rings (SSSR count). The first-order chi connectivity index (χ1) is 14.3. The highest BCUT2D eigenvalue weighted by Crippen LogP contribution is 2.43. The van der Waals surface area contributed by atoms with Gasteiger partial charge in [0, 0.05) is 32.7 Å². The van der Waals surface area contributed by atoms with Gasteiger partial charge in [-0.1, -0.05) is 0 Å². The van der Waals surface area contributed by atoms with Crippen LogP contribution in [0.25, 0.3) is 0 Å². The number of aliphatic hydroxyl groups is 1. The molecule has 30 heavy (non-hydrogen) atoms. The van der Waals surface area contributed by atoms with Crippen LogP contribution in [-0.4, -0.2) is 75.9 Å². The van der Waals surface area contributed by atoms with Crippen LogP contribution < -0.4 is 9.80 Å². The van der Waals surface area contributed by atoms with Crippen LogP contribution in [0, 0.1) is 11.2 Å². The first kappa shape index (κ1) is 20.8. The minimum Gasteiger partial charge on any atom is -0.465 e. The molecule has 3 aliphatic rings. The van der Waals surface area contributed by atoms with Gasteiger partial charge in [0.15, 0.2) is 11.6 Å². The maximum atomic E-state index is 14.1. The summed E-state index contributed by atoms with van der Waals surface area (Å²) in [5.74, 6) is -0.713. The SMILES string of the molecule is CN(C(=O)O)c1nc(N2CCC[C@]3(CCN(C4CCC(O)CC4)C3=O)C2)ncc1F. The molecular formula is C20H28FN5O4. The summed E-state index contributed by atoms with van der Waals surface area (Å²) in [6.45, 7) is 1.79. The van der Waals surface area contributed by atoms with Crippen molar-refractivity contribution in [1.82, 2.24) is 14.9 Å². The second kappa shape index (κ2) is 7.98. The lowest BCUT2D eigenvalue weighted by molar-refractivity contribution is -0.139. The number of hydrogen-bond acceptors (Lipinski definition) is 6. The van der Waals surface area contributed by atoms with Crippen molar-refractivity contribution in [3.8, 4) is 0 Å². The fraction of sp³-hybridized carbons (Fsp3) is 0.700. The molecule has 1 spiro atoms. The van der Waals surface area contributed by atoms with Crippen molar-refractivity contribution in [3.05, 3.63) is 12.0 Å². The van der Waals surface area contributed by atoms with Gasteiger partial charge in [-0.25, -0.2) is 14.2 Å². The van der Waals surface area contributed by atoms with Gasteiger partial charge in [0.25, 0.3) is 0 Å². The van der Waals surface area contributed by atoms with Gasteiger partial charge < -0.3 is 20.0 Å². The fourth-order valence-electron chi connectivity index (χ4n) is 5.07. The zero-order chi connectivity index (χ0) is 21.5. The van der Waals surface area contributed by atoms with Gasteiger partial charge in [0.2, 0.25) is 11.9 Å². The van der Waals surface area contributed by atoms with Crippen LogP contribution in [-0.2, 0) is 4.79 Å². The van der Waals surface area contributed by atoms with Crippen LogP contribution in [0.1, 0.15) is 44.9 Å². The molecule has 9 nitrogen and oxygen atoms in total. The second-order valence-corrected chi connectivity index (χ2v) is 8.70. The van der Waals surface area contributed by atoms with Crippen LogP contribution >= 0.6 is 0 Å². The highest BCUT2D eigenvalue weighted by atomic mass is 19.1. The van der Waals surface area contributed by atoms with Crippen LogP contribution in [0.5, 0.6) is 0 Å². The zero-order valence-corrected chi connectivity index (χ0v) is 17.1. The lowest BCUT2D eigenvalue weighted by Crippen LogP contribution is -2.50. The molecule has 0 radical (unpaired) electrons. The molecule has 1 aromatic heterocycles. The second-order valence-electron chi connectivity index (χ2n) is 8.70. The minimum atomic E-state index is -1.31. The smallest absolute Gasteiger partial charge is 0.412 e. The Morgan fingerprint density at radius 1 is 1.27 bits per heavy atom. The molecular weight excluding hydrogens is 393 g/mol. The highest BCUT2D eigenvalue weighted by Gasteiger charge is 2.51. The first-order valence-electron chi connectivity index (χ1n) is 10.5. The van der Waals surface area contributed by atoms with Gasteiger partial charge in [0.05, 0.1) is 17.7 Å². The van der Waals surface area contributed by atoms with Crippen molar-refractivity contribution in [2.75, 3.05) is 36.5 Å². The number of piperidine rings is 1. The summed E-state index contributed by atoms with van der Waals surface area (Å²) in [4.78, 5) is 37.4. The third-order valence-corrected chi connectivity index (χ3v) is 6.83. The van der Waals surface area contributed by atoms with Crippen LogP contribution in [0.15, 0.2) is 6.20 Å². The summed E-state index contributed by atoms with van der Waals surface area (Å²) < 4.78 is 14.1. The van der Waals surface area contributed by atoms with Crippen LogP contribution in [0.2, 0.25) is 0 Å². The lowest BCUT2D eigenvalue weighted by atomic mass is 9.78. The van der Waals surface area contributed by atoms with Crippen molar-refractivity contribution >= 4 is 23.8 Å². The van der Waals surface area contributed by atoms with Crippen molar-refractivity contribution in [2.45, 2.75) is 57.1 Å². The molecule has 0 bridgehead atoms. The van der Waals surface area contributed by atoms with Crippen molar-refractivity contribution < 1.29 is 24.2 Å². The number of halogens is 1. The summed E-state index contributed by atoms with van der Waals surface area (Å²) in [6, 6.07) is 0.188. The van der Waals surface area contributed by atoms with Gasteiger partial charge >= 0.3 is 6.09 Å². The van der Waals surface area contributed by atoms with Gasteiger partial charge in [-0.05, 0) is 44.9 Å². The molecule has 3 fully saturated rings. The minimum absolute atomic E-state index is 0.151. The monoisotopic (exact) mass is 421 g/mol. The molecule has 2 saturated heterocycles. The van der Waals surface area contributed by atoms with E-state index in [4.69, 9.17) is 5.11 Å². The number of likely N-dealkylation sites (tertiary alicyclic amines) is 1. The highest BCUT2D eigenvalue weighted by molar-refractivity contribution is 5.86. The molecule has 1 aliphatic carbocycles. The average molecular weight is 421 g/mol. The van der Waals surface area contributed by atoms with Crippen LogP contribution in [0.3, 0.4) is 0 Å². The van der Waals surface area contributed by atoms with Gasteiger partial charge in [-0.3, -0.25) is 9.69 Å². The Kier molecular flexibility index (Phi) is 5.52. The van der Waals surface area contributed by atoms with E-state index >= 15 is 0 Å². The molecule has 2 amide bonds. The maximum Gasteiger partial charge on any atom is 0.412 e. The molecule has 1 atom stereocenters. The van der Waals surface area contributed by atoms with Crippen molar-refractivity contribution in [1.29, 1.82) is 0 Å². The molecule has 1 saturated carbocycles.